The Kier molecular flexibility index (Phi) is 4.85. The van der Waals surface area contributed by atoms with Crippen molar-refractivity contribution >= 4 is 13.3 Å². The molecule has 1 saturated carbocycles. The third-order valence-corrected chi connectivity index (χ3v) is 6.90. The summed E-state index contributed by atoms with van der Waals surface area (Å²) in [5.74, 6) is -0.418. The first-order valence-corrected chi connectivity index (χ1v) is 9.54. The maximum absolute atomic E-state index is 13.3. The highest BCUT2D eigenvalue weighted by atomic mass is 31.2. The van der Waals surface area contributed by atoms with Crippen molar-refractivity contribution in [3.05, 3.63) is 35.6 Å². The first-order valence-electron chi connectivity index (χ1n) is 7.93. The number of hydrogen-bond acceptors (Lipinski definition) is 5. The average molecular weight is 341 g/mol. The van der Waals surface area contributed by atoms with Crippen LogP contribution in [-0.4, -0.2) is 31.2 Å². The lowest BCUT2D eigenvalue weighted by molar-refractivity contribution is 0.149. The van der Waals surface area contributed by atoms with Gasteiger partial charge in [-0.15, -0.1) is 0 Å². The SMILES string of the molecule is CCOP(=O)(OCC)[C@@H]1C[C@@H]2CON=C2C1c1ccc(F)cc1. The monoisotopic (exact) mass is 341 g/mol. The number of rotatable bonds is 6. The molecule has 1 aliphatic carbocycles. The normalized spacial score (nSPS) is 26.7. The molecule has 1 heterocycles. The van der Waals surface area contributed by atoms with E-state index in [9.17, 15) is 8.96 Å². The van der Waals surface area contributed by atoms with Crippen molar-refractivity contribution < 1.29 is 22.8 Å². The van der Waals surface area contributed by atoms with E-state index in [0.717, 1.165) is 11.3 Å². The Labute approximate surface area is 135 Å². The first kappa shape index (κ1) is 16.6. The summed E-state index contributed by atoms with van der Waals surface area (Å²) < 4.78 is 37.7. The molecule has 126 valence electrons. The molecule has 3 rings (SSSR count). The lowest BCUT2D eigenvalue weighted by atomic mass is 9.94. The molecule has 1 unspecified atom stereocenters. The highest BCUT2D eigenvalue weighted by Gasteiger charge is 2.53. The van der Waals surface area contributed by atoms with Crippen LogP contribution < -0.4 is 0 Å². The van der Waals surface area contributed by atoms with Crippen LogP contribution in [0.3, 0.4) is 0 Å². The van der Waals surface area contributed by atoms with Crippen LogP contribution in [0.1, 0.15) is 31.7 Å². The minimum atomic E-state index is -3.28. The van der Waals surface area contributed by atoms with Gasteiger partial charge in [0.25, 0.3) is 0 Å². The summed E-state index contributed by atoms with van der Waals surface area (Å²) in [5.41, 5.74) is 1.41. The molecule has 1 aromatic rings. The maximum Gasteiger partial charge on any atom is 0.334 e. The molecule has 0 saturated heterocycles. The summed E-state index contributed by atoms with van der Waals surface area (Å²) in [6.07, 6.45) is 0.637. The molecule has 0 N–H and O–H groups in total. The molecular formula is C16H21FNO4P. The van der Waals surface area contributed by atoms with Crippen molar-refractivity contribution in [3.8, 4) is 0 Å². The third kappa shape index (κ3) is 3.08. The Bertz CT molecular complexity index is 623. The molecule has 1 fully saturated rings. The molecule has 0 bridgehead atoms. The fourth-order valence-corrected chi connectivity index (χ4v) is 5.83. The first-order chi connectivity index (χ1) is 11.1. The van der Waals surface area contributed by atoms with E-state index in [1.54, 1.807) is 26.0 Å². The standard InChI is InChI=1S/C16H21FNO4P/c1-3-21-23(19,22-4-2)14-9-12-10-20-18-16(12)15(14)11-5-7-13(17)8-6-11/h5-8,12,14-15H,3-4,9-10H2,1-2H3/t12-,14-,15?/m1/s1. The van der Waals surface area contributed by atoms with E-state index in [-0.39, 0.29) is 23.3 Å². The van der Waals surface area contributed by atoms with Crippen molar-refractivity contribution in [2.45, 2.75) is 31.8 Å². The molecular weight excluding hydrogens is 320 g/mol. The molecule has 7 heteroatoms. The van der Waals surface area contributed by atoms with Crippen molar-refractivity contribution in [2.24, 2.45) is 11.1 Å². The van der Waals surface area contributed by atoms with Crippen LogP contribution in [0, 0.1) is 11.7 Å². The van der Waals surface area contributed by atoms with E-state index >= 15 is 0 Å². The van der Waals surface area contributed by atoms with E-state index < -0.39 is 7.60 Å². The minimum absolute atomic E-state index is 0.115. The number of halogens is 1. The fourth-order valence-electron chi connectivity index (χ4n) is 3.45. The zero-order valence-electron chi connectivity index (χ0n) is 13.3. The number of fused-ring (bicyclic) bond motifs is 1. The third-order valence-electron chi connectivity index (χ3n) is 4.35. The van der Waals surface area contributed by atoms with E-state index in [1.807, 2.05) is 0 Å². The minimum Gasteiger partial charge on any atom is -0.395 e. The molecule has 3 atom stereocenters. The quantitative estimate of drug-likeness (QED) is 0.735. The van der Waals surface area contributed by atoms with Crippen molar-refractivity contribution in [1.82, 2.24) is 0 Å². The van der Waals surface area contributed by atoms with Gasteiger partial charge in [0.2, 0.25) is 0 Å². The Morgan fingerprint density at radius 3 is 2.52 bits per heavy atom. The van der Waals surface area contributed by atoms with Gasteiger partial charge in [-0.1, -0.05) is 17.3 Å². The zero-order valence-corrected chi connectivity index (χ0v) is 14.2. The van der Waals surface area contributed by atoms with Crippen molar-refractivity contribution in [3.63, 3.8) is 0 Å². The fraction of sp³-hybridized carbons (Fsp3) is 0.562. The van der Waals surface area contributed by atoms with Crippen molar-refractivity contribution in [2.75, 3.05) is 19.8 Å². The summed E-state index contributed by atoms with van der Waals surface area (Å²) in [4.78, 5) is 5.21. The van der Waals surface area contributed by atoms with Gasteiger partial charge in [0.15, 0.2) is 0 Å². The Morgan fingerprint density at radius 1 is 1.26 bits per heavy atom. The Hall–Kier alpha value is -1.23. The number of nitrogens with zero attached hydrogens (tertiary/aromatic N) is 1. The second-order valence-corrected chi connectivity index (χ2v) is 7.98. The van der Waals surface area contributed by atoms with Gasteiger partial charge in [-0.05, 0) is 38.0 Å². The van der Waals surface area contributed by atoms with Crippen LogP contribution >= 0.6 is 7.60 Å². The summed E-state index contributed by atoms with van der Waals surface area (Å²) in [6, 6.07) is 6.22. The Morgan fingerprint density at radius 2 is 1.91 bits per heavy atom. The predicted molar refractivity (Wildman–Crippen MR) is 85.3 cm³/mol. The molecule has 0 radical (unpaired) electrons. The topological polar surface area (TPSA) is 57.1 Å². The van der Waals surface area contributed by atoms with Gasteiger partial charge in [-0.3, -0.25) is 4.57 Å². The molecule has 1 aliphatic heterocycles. The van der Waals surface area contributed by atoms with Crippen molar-refractivity contribution in [1.29, 1.82) is 0 Å². The number of oxime groups is 1. The summed E-state index contributed by atoms with van der Waals surface area (Å²) >= 11 is 0. The predicted octanol–water partition coefficient (Wildman–Crippen LogP) is 3.95. The Balaban J connectivity index is 2.00. The van der Waals surface area contributed by atoms with E-state index in [4.69, 9.17) is 13.9 Å². The molecule has 23 heavy (non-hydrogen) atoms. The van der Waals surface area contributed by atoms with Gasteiger partial charge < -0.3 is 13.9 Å². The summed E-state index contributed by atoms with van der Waals surface area (Å²) in [6.45, 7) is 4.72. The van der Waals surface area contributed by atoms with Gasteiger partial charge in [0.1, 0.15) is 12.4 Å². The second kappa shape index (κ2) is 6.71. The molecule has 0 spiro atoms. The van der Waals surface area contributed by atoms with E-state index in [2.05, 4.69) is 5.16 Å². The smallest absolute Gasteiger partial charge is 0.334 e. The molecule has 1 aromatic carbocycles. The van der Waals surface area contributed by atoms with Crippen LogP contribution in [0.25, 0.3) is 0 Å². The maximum atomic E-state index is 13.3. The lowest BCUT2D eigenvalue weighted by Crippen LogP contribution is -2.20. The van der Waals surface area contributed by atoms with Crippen LogP contribution in [0.2, 0.25) is 0 Å². The lowest BCUT2D eigenvalue weighted by Gasteiger charge is -2.27. The van der Waals surface area contributed by atoms with Gasteiger partial charge in [-0.25, -0.2) is 4.39 Å². The summed E-state index contributed by atoms with van der Waals surface area (Å²) in [7, 11) is -3.28. The van der Waals surface area contributed by atoms with E-state index in [0.29, 0.717) is 26.2 Å². The van der Waals surface area contributed by atoms with Crippen LogP contribution in [0.5, 0.6) is 0 Å². The van der Waals surface area contributed by atoms with Crippen LogP contribution in [0.15, 0.2) is 29.4 Å². The second-order valence-electron chi connectivity index (χ2n) is 5.72. The summed E-state index contributed by atoms with van der Waals surface area (Å²) in [5, 5.41) is 4.15. The van der Waals surface area contributed by atoms with Gasteiger partial charge >= 0.3 is 7.60 Å². The van der Waals surface area contributed by atoms with Gasteiger partial charge in [-0.2, -0.15) is 0 Å². The average Bonchev–Trinajstić information content (AvgIpc) is 3.09. The molecule has 0 aromatic heterocycles. The molecule has 2 aliphatic rings. The van der Waals surface area contributed by atoms with Gasteiger partial charge in [0, 0.05) is 11.8 Å². The highest BCUT2D eigenvalue weighted by molar-refractivity contribution is 7.54. The highest BCUT2D eigenvalue weighted by Crippen LogP contribution is 2.63. The number of hydrogen-bond donors (Lipinski definition) is 0. The van der Waals surface area contributed by atoms with Crippen LogP contribution in [0.4, 0.5) is 4.39 Å². The van der Waals surface area contributed by atoms with Crippen LogP contribution in [-0.2, 0) is 18.5 Å². The van der Waals surface area contributed by atoms with E-state index in [1.165, 1.54) is 12.1 Å². The largest absolute Gasteiger partial charge is 0.395 e. The number of benzene rings is 1. The molecule has 5 nitrogen and oxygen atoms in total. The molecule has 0 amide bonds. The zero-order chi connectivity index (χ0) is 16.4. The van der Waals surface area contributed by atoms with Gasteiger partial charge in [0.05, 0.1) is 24.6 Å².